The molecular formula is C16H20O4S. The third-order valence-corrected chi connectivity index (χ3v) is 6.92. The van der Waals surface area contributed by atoms with Crippen LogP contribution in [0.15, 0.2) is 29.2 Å². The van der Waals surface area contributed by atoms with Gasteiger partial charge in [0.2, 0.25) is 0 Å². The molecule has 5 heteroatoms. The van der Waals surface area contributed by atoms with E-state index in [1.165, 1.54) is 0 Å². The number of hydrogen-bond donors (Lipinski definition) is 1. The van der Waals surface area contributed by atoms with Gasteiger partial charge in [-0.15, -0.1) is 0 Å². The van der Waals surface area contributed by atoms with Crippen LogP contribution in [-0.4, -0.2) is 25.2 Å². The van der Waals surface area contributed by atoms with E-state index in [-0.39, 0.29) is 5.75 Å². The van der Waals surface area contributed by atoms with Gasteiger partial charge in [0, 0.05) is 5.92 Å². The fourth-order valence-electron chi connectivity index (χ4n) is 3.98. The second-order valence-electron chi connectivity index (χ2n) is 6.25. The third-order valence-electron chi connectivity index (χ3n) is 5.10. The zero-order valence-corrected chi connectivity index (χ0v) is 12.7. The highest BCUT2D eigenvalue weighted by molar-refractivity contribution is 7.91. The smallest absolute Gasteiger partial charge is 0.310 e. The first-order valence-corrected chi connectivity index (χ1v) is 9.18. The van der Waals surface area contributed by atoms with Crippen LogP contribution in [0.1, 0.15) is 50.0 Å². The van der Waals surface area contributed by atoms with Gasteiger partial charge in [-0.2, -0.15) is 0 Å². The average Bonchev–Trinajstić information content (AvgIpc) is 2.64. The lowest BCUT2D eigenvalue weighted by atomic mass is 9.68. The number of aliphatic carboxylic acids is 1. The van der Waals surface area contributed by atoms with Crippen LogP contribution < -0.4 is 0 Å². The first-order chi connectivity index (χ1) is 9.97. The van der Waals surface area contributed by atoms with E-state index in [0.717, 1.165) is 25.7 Å². The Hall–Kier alpha value is -1.36. The number of fused-ring (bicyclic) bond motifs is 1. The molecule has 1 aliphatic carbocycles. The molecule has 1 aliphatic heterocycles. The van der Waals surface area contributed by atoms with Crippen molar-refractivity contribution < 1.29 is 18.3 Å². The summed E-state index contributed by atoms with van der Waals surface area (Å²) in [6.07, 6.45) is 4.97. The molecule has 1 aromatic carbocycles. The summed E-state index contributed by atoms with van der Waals surface area (Å²) in [5.74, 6) is -1.30. The van der Waals surface area contributed by atoms with Crippen LogP contribution in [0.5, 0.6) is 0 Å². The Morgan fingerprint density at radius 1 is 1.10 bits per heavy atom. The Morgan fingerprint density at radius 3 is 2.33 bits per heavy atom. The molecule has 0 spiro atoms. The molecule has 21 heavy (non-hydrogen) atoms. The first kappa shape index (κ1) is 14.6. The van der Waals surface area contributed by atoms with Gasteiger partial charge in [-0.05, 0) is 24.5 Å². The van der Waals surface area contributed by atoms with Crippen LogP contribution in [0.4, 0.5) is 0 Å². The fraction of sp³-hybridized carbons (Fsp3) is 0.562. The molecule has 1 atom stereocenters. The van der Waals surface area contributed by atoms with Gasteiger partial charge < -0.3 is 5.11 Å². The first-order valence-electron chi connectivity index (χ1n) is 7.52. The van der Waals surface area contributed by atoms with Gasteiger partial charge in [0.1, 0.15) is 0 Å². The number of hydrogen-bond acceptors (Lipinski definition) is 3. The molecule has 4 nitrogen and oxygen atoms in total. The SMILES string of the molecule is O=C(O)C1(C2CS(=O)(=O)c3ccccc32)CCCCCC1. The van der Waals surface area contributed by atoms with Gasteiger partial charge in [0.15, 0.2) is 9.84 Å². The minimum absolute atomic E-state index is 0.0569. The number of rotatable bonds is 2. The summed E-state index contributed by atoms with van der Waals surface area (Å²) < 4.78 is 24.7. The highest BCUT2D eigenvalue weighted by Crippen LogP contribution is 2.52. The highest BCUT2D eigenvalue weighted by Gasteiger charge is 2.52. The molecule has 3 rings (SSSR count). The Labute approximate surface area is 125 Å². The lowest BCUT2D eigenvalue weighted by Gasteiger charge is -2.34. The second-order valence-corrected chi connectivity index (χ2v) is 8.25. The van der Waals surface area contributed by atoms with E-state index in [9.17, 15) is 18.3 Å². The van der Waals surface area contributed by atoms with Crippen molar-refractivity contribution in [2.24, 2.45) is 5.41 Å². The Morgan fingerprint density at radius 2 is 1.71 bits per heavy atom. The van der Waals surface area contributed by atoms with E-state index in [2.05, 4.69) is 0 Å². The third kappa shape index (κ3) is 2.27. The molecule has 0 radical (unpaired) electrons. The Bertz CT molecular complexity index is 655. The van der Waals surface area contributed by atoms with Crippen molar-refractivity contribution in [2.75, 3.05) is 5.75 Å². The number of carboxylic acids is 1. The highest BCUT2D eigenvalue weighted by atomic mass is 32.2. The Balaban J connectivity index is 2.12. The molecule has 1 aromatic rings. The van der Waals surface area contributed by atoms with Crippen LogP contribution in [0, 0.1) is 5.41 Å². The van der Waals surface area contributed by atoms with E-state index < -0.39 is 27.1 Å². The lowest BCUT2D eigenvalue weighted by molar-refractivity contribution is -0.151. The maximum atomic E-state index is 12.4. The largest absolute Gasteiger partial charge is 0.481 e. The summed E-state index contributed by atoms with van der Waals surface area (Å²) in [6, 6.07) is 6.91. The molecule has 114 valence electrons. The second kappa shape index (κ2) is 5.13. The monoisotopic (exact) mass is 308 g/mol. The molecule has 0 aromatic heterocycles. The summed E-state index contributed by atoms with van der Waals surface area (Å²) in [4.78, 5) is 12.4. The zero-order chi connectivity index (χ0) is 15.1. The minimum atomic E-state index is -3.35. The molecule has 1 heterocycles. The summed E-state index contributed by atoms with van der Waals surface area (Å²) in [5.41, 5.74) is -0.210. The predicted molar refractivity (Wildman–Crippen MR) is 79.0 cm³/mol. The van der Waals surface area contributed by atoms with E-state index in [0.29, 0.717) is 23.3 Å². The van der Waals surface area contributed by atoms with E-state index in [1.54, 1.807) is 24.3 Å². The van der Waals surface area contributed by atoms with E-state index in [4.69, 9.17) is 0 Å². The standard InChI is InChI=1S/C16H20O4S/c17-15(18)16(9-5-1-2-6-10-16)13-11-21(19,20)14-8-4-3-7-12(13)14/h3-4,7-8,13H,1-2,5-6,9-11H2,(H,17,18). The maximum absolute atomic E-state index is 12.4. The van der Waals surface area contributed by atoms with E-state index >= 15 is 0 Å². The van der Waals surface area contributed by atoms with Gasteiger partial charge in [-0.25, -0.2) is 8.42 Å². The molecule has 1 unspecified atom stereocenters. The average molecular weight is 308 g/mol. The van der Waals surface area contributed by atoms with Crippen LogP contribution in [0.2, 0.25) is 0 Å². The van der Waals surface area contributed by atoms with Gasteiger partial charge in [-0.1, -0.05) is 43.9 Å². The normalized spacial score (nSPS) is 26.8. The van der Waals surface area contributed by atoms with Crippen molar-refractivity contribution in [3.8, 4) is 0 Å². The quantitative estimate of drug-likeness (QED) is 0.853. The summed E-state index contributed by atoms with van der Waals surface area (Å²) in [6.45, 7) is 0. The Kier molecular flexibility index (Phi) is 3.56. The van der Waals surface area contributed by atoms with Gasteiger partial charge in [0.05, 0.1) is 16.1 Å². The van der Waals surface area contributed by atoms with Crippen LogP contribution in [0.25, 0.3) is 0 Å². The molecule has 0 saturated heterocycles. The van der Waals surface area contributed by atoms with Crippen molar-refractivity contribution in [3.05, 3.63) is 29.8 Å². The van der Waals surface area contributed by atoms with Crippen molar-refractivity contribution in [2.45, 2.75) is 49.3 Å². The topological polar surface area (TPSA) is 71.4 Å². The molecule has 0 amide bonds. The lowest BCUT2D eigenvalue weighted by Crippen LogP contribution is -2.38. The molecule has 1 saturated carbocycles. The summed E-state index contributed by atoms with van der Waals surface area (Å²) in [7, 11) is -3.35. The molecule has 2 aliphatic rings. The molecule has 1 N–H and O–H groups in total. The van der Waals surface area contributed by atoms with Gasteiger partial charge >= 0.3 is 5.97 Å². The van der Waals surface area contributed by atoms with E-state index in [1.807, 2.05) is 0 Å². The molecular weight excluding hydrogens is 288 g/mol. The molecule has 1 fully saturated rings. The van der Waals surface area contributed by atoms with Crippen molar-refractivity contribution in [1.82, 2.24) is 0 Å². The fourth-order valence-corrected chi connectivity index (χ4v) is 5.95. The summed E-state index contributed by atoms with van der Waals surface area (Å²) in [5, 5.41) is 9.88. The maximum Gasteiger partial charge on any atom is 0.310 e. The number of carbonyl (C=O) groups is 1. The van der Waals surface area contributed by atoms with Crippen LogP contribution in [0.3, 0.4) is 0 Å². The summed E-state index contributed by atoms with van der Waals surface area (Å²) >= 11 is 0. The van der Waals surface area contributed by atoms with Crippen molar-refractivity contribution in [3.63, 3.8) is 0 Å². The van der Waals surface area contributed by atoms with Crippen molar-refractivity contribution >= 4 is 15.8 Å². The number of benzene rings is 1. The predicted octanol–water partition coefficient (Wildman–Crippen LogP) is 2.98. The van der Waals surface area contributed by atoms with Gasteiger partial charge in [0.25, 0.3) is 0 Å². The zero-order valence-electron chi connectivity index (χ0n) is 11.9. The minimum Gasteiger partial charge on any atom is -0.481 e. The van der Waals surface area contributed by atoms with Crippen molar-refractivity contribution in [1.29, 1.82) is 0 Å². The van der Waals surface area contributed by atoms with Gasteiger partial charge in [-0.3, -0.25) is 4.79 Å². The van der Waals surface area contributed by atoms with Crippen LogP contribution >= 0.6 is 0 Å². The number of carboxylic acid groups (broad SMARTS) is 1. The van der Waals surface area contributed by atoms with Crippen LogP contribution in [-0.2, 0) is 14.6 Å². The number of sulfone groups is 1. The molecule has 0 bridgehead atoms.